The minimum atomic E-state index is 0.631. The zero-order valence-electron chi connectivity index (χ0n) is 34.4. The molecule has 4 aromatic heterocycles. The maximum atomic E-state index is 6.79. The van der Waals surface area contributed by atoms with Crippen molar-refractivity contribution in [2.24, 2.45) is 0 Å². The zero-order valence-corrected chi connectivity index (χ0v) is 36.7. The topological polar surface area (TPSA) is 65.9 Å². The molecule has 63 heavy (non-hydrogen) atoms. The third kappa shape index (κ3) is 6.76. The fourth-order valence-electron chi connectivity index (χ4n) is 8.68. The summed E-state index contributed by atoms with van der Waals surface area (Å²) in [4.78, 5) is 16.1. The molecule has 0 radical (unpaired) electrons. The van der Waals surface area contributed by atoms with Gasteiger partial charge < -0.3 is 4.90 Å². The van der Waals surface area contributed by atoms with E-state index in [4.69, 9.17) is 9.72 Å². The SMILES string of the molecule is CN(C)c1cc(-n2c3ccccc3c3ccc(Oc4cccc(-n5[c](=[Pt])n(-c6c(-c7ccccc7)cccc6-c6ccccc6)c6ccccc65)c4)cc32)ncc1-c1ncccn1. The first-order valence-electron chi connectivity index (χ1n) is 20.7. The summed E-state index contributed by atoms with van der Waals surface area (Å²) in [5, 5.41) is 2.25. The predicted molar refractivity (Wildman–Crippen MR) is 251 cm³/mol. The van der Waals surface area contributed by atoms with Gasteiger partial charge in [0, 0.05) is 32.7 Å². The van der Waals surface area contributed by atoms with Crippen molar-refractivity contribution in [3.63, 3.8) is 0 Å². The molecule has 0 aliphatic carbocycles. The summed E-state index contributed by atoms with van der Waals surface area (Å²) >= 11 is 2.49. The van der Waals surface area contributed by atoms with Crippen molar-refractivity contribution in [2.45, 2.75) is 0 Å². The van der Waals surface area contributed by atoms with E-state index in [-0.39, 0.29) is 0 Å². The normalized spacial score (nSPS) is 11.4. The smallest absolute Gasteiger partial charge is 0.236 e. The van der Waals surface area contributed by atoms with Crippen LogP contribution in [0.4, 0.5) is 5.69 Å². The summed E-state index contributed by atoms with van der Waals surface area (Å²) in [6.45, 7) is 0. The molecule has 11 aromatic rings. The van der Waals surface area contributed by atoms with Crippen LogP contribution in [0.1, 0.15) is 0 Å². The second-order valence-electron chi connectivity index (χ2n) is 15.5. The van der Waals surface area contributed by atoms with E-state index in [1.54, 1.807) is 12.4 Å². The van der Waals surface area contributed by atoms with Gasteiger partial charge in [0.05, 0.1) is 11.3 Å². The van der Waals surface area contributed by atoms with Crippen molar-refractivity contribution in [1.29, 1.82) is 0 Å². The number of imidazole rings is 1. The number of hydrogen-bond donors (Lipinski definition) is 0. The summed E-state index contributed by atoms with van der Waals surface area (Å²) in [5.41, 5.74) is 12.8. The molecule has 0 amide bonds. The molecule has 8 nitrogen and oxygen atoms in total. The third-order valence-electron chi connectivity index (χ3n) is 11.5. The summed E-state index contributed by atoms with van der Waals surface area (Å²) < 4.78 is 14.8. The van der Waals surface area contributed by atoms with Gasteiger partial charge in [-0.15, -0.1) is 0 Å². The van der Waals surface area contributed by atoms with Gasteiger partial charge in [0.15, 0.2) is 5.82 Å². The Hall–Kier alpha value is -7.67. The van der Waals surface area contributed by atoms with Crippen molar-refractivity contribution in [3.8, 4) is 62.3 Å². The van der Waals surface area contributed by atoms with E-state index >= 15 is 0 Å². The molecule has 0 spiro atoms. The average Bonchev–Trinajstić information content (AvgIpc) is 3.82. The van der Waals surface area contributed by atoms with Crippen molar-refractivity contribution >= 4 is 38.5 Å². The summed E-state index contributed by atoms with van der Waals surface area (Å²) in [6.07, 6.45) is 5.38. The number of para-hydroxylation sites is 4. The Morgan fingerprint density at radius 1 is 0.476 bits per heavy atom. The number of fused-ring (bicyclic) bond motifs is 4. The van der Waals surface area contributed by atoms with Crippen LogP contribution in [0.3, 0.4) is 0 Å². The van der Waals surface area contributed by atoms with E-state index in [1.807, 2.05) is 32.4 Å². The quantitative estimate of drug-likeness (QED) is 0.144. The Labute approximate surface area is 375 Å². The number of anilines is 1. The van der Waals surface area contributed by atoms with Gasteiger partial charge in [-0.2, -0.15) is 0 Å². The fourth-order valence-corrected chi connectivity index (χ4v) is 9.77. The molecule has 0 unspecified atom stereocenters. The van der Waals surface area contributed by atoms with Crippen LogP contribution in [0, 0.1) is 3.80 Å². The standard InChI is InChI=1S/C54H39N7O.Pt/c1-58(2)50-34-52(57-35-46(50)54-55-30-15-31-56-54)61-47-25-10-9-22-44(47)45-29-28-41(33-51(45)61)62-40-21-13-20-39(32-40)59-36-60(49-27-12-11-26-48(49)59)53-42(37-16-5-3-6-17-37)23-14-24-43(53)38-18-7-4-8-19-38;/h3-35H,1-2H3;. The zero-order chi connectivity index (χ0) is 42.4. The molecule has 4 heterocycles. The summed E-state index contributed by atoms with van der Waals surface area (Å²) in [6, 6.07) is 63.6. The first kappa shape index (κ1) is 38.3. The Morgan fingerprint density at radius 2 is 1.08 bits per heavy atom. The number of hydrogen-bond acceptors (Lipinski definition) is 5. The molecule has 0 aliphatic rings. The van der Waals surface area contributed by atoms with Crippen LogP contribution >= 0.6 is 0 Å². The monoisotopic (exact) mass is 996 g/mol. The summed E-state index contributed by atoms with van der Waals surface area (Å²) in [7, 11) is 4.06. The van der Waals surface area contributed by atoms with Gasteiger partial charge in [-0.05, 0) is 6.07 Å². The van der Waals surface area contributed by atoms with Crippen LogP contribution in [0.25, 0.3) is 83.7 Å². The number of ether oxygens (including phenoxy) is 1. The Balaban J connectivity index is 1.03. The van der Waals surface area contributed by atoms with Crippen LogP contribution < -0.4 is 9.64 Å². The summed E-state index contributed by atoms with van der Waals surface area (Å²) in [5.74, 6) is 2.87. The maximum absolute atomic E-state index is 6.79. The van der Waals surface area contributed by atoms with Crippen LogP contribution in [-0.2, 0) is 19.4 Å². The molecule has 0 aliphatic heterocycles. The average molecular weight is 997 g/mol. The third-order valence-corrected chi connectivity index (χ3v) is 12.5. The molecule has 0 saturated heterocycles. The molecule has 0 bridgehead atoms. The molecule has 7 aromatic carbocycles. The van der Waals surface area contributed by atoms with Crippen molar-refractivity contribution < 1.29 is 24.1 Å². The molecule has 9 heteroatoms. The molecule has 0 atom stereocenters. The van der Waals surface area contributed by atoms with Crippen LogP contribution in [0.2, 0.25) is 0 Å². The Kier molecular flexibility index (Phi) is 9.71. The van der Waals surface area contributed by atoms with E-state index in [9.17, 15) is 0 Å². The Morgan fingerprint density at radius 3 is 1.78 bits per heavy atom. The van der Waals surface area contributed by atoms with Gasteiger partial charge in [-0.25, -0.2) is 9.97 Å². The number of nitrogens with zero attached hydrogens (tertiary/aromatic N) is 7. The molecule has 11 rings (SSSR count). The molecule has 0 saturated carbocycles. The second-order valence-corrected chi connectivity index (χ2v) is 16.5. The van der Waals surface area contributed by atoms with Crippen LogP contribution in [-0.4, -0.2) is 42.7 Å². The van der Waals surface area contributed by atoms with Gasteiger partial charge in [0.1, 0.15) is 0 Å². The number of benzene rings is 7. The van der Waals surface area contributed by atoms with Crippen molar-refractivity contribution in [3.05, 3.63) is 204 Å². The van der Waals surface area contributed by atoms with E-state index in [2.05, 4.69) is 218 Å². The number of pyridine rings is 1. The van der Waals surface area contributed by atoms with Crippen molar-refractivity contribution in [1.82, 2.24) is 28.7 Å². The van der Waals surface area contributed by atoms with Gasteiger partial charge in [-0.3, -0.25) is 0 Å². The van der Waals surface area contributed by atoms with E-state index in [0.29, 0.717) is 5.82 Å². The molecule has 306 valence electrons. The molecular weight excluding hydrogens is 958 g/mol. The number of aromatic nitrogens is 6. The minimum absolute atomic E-state index is 0.631. The van der Waals surface area contributed by atoms with Gasteiger partial charge in [0.25, 0.3) is 0 Å². The minimum Gasteiger partial charge on any atom is -0.236 e. The first-order valence-corrected chi connectivity index (χ1v) is 21.8. The van der Waals surface area contributed by atoms with Crippen LogP contribution in [0.5, 0.6) is 11.5 Å². The second kappa shape index (κ2) is 16.0. The fraction of sp³-hybridized carbons (Fsp3) is 0.0370. The first-order chi connectivity index (χ1) is 31.0. The van der Waals surface area contributed by atoms with Crippen molar-refractivity contribution in [2.75, 3.05) is 19.0 Å². The van der Waals surface area contributed by atoms with Gasteiger partial charge in [0.2, 0.25) is 0 Å². The predicted octanol–water partition coefficient (Wildman–Crippen LogP) is 12.6. The number of rotatable bonds is 9. The van der Waals surface area contributed by atoms with E-state index < -0.39 is 0 Å². The molecule has 0 N–H and O–H groups in total. The van der Waals surface area contributed by atoms with E-state index in [1.165, 1.54) is 0 Å². The Bertz CT molecular complexity index is 3480. The van der Waals surface area contributed by atoms with E-state index in [0.717, 1.165) is 98.8 Å². The molecular formula is C54H39N7OPt. The van der Waals surface area contributed by atoms with Crippen LogP contribution in [0.15, 0.2) is 201 Å². The van der Waals surface area contributed by atoms with Gasteiger partial charge >= 0.3 is 294 Å². The van der Waals surface area contributed by atoms with Gasteiger partial charge in [-0.1, -0.05) is 12.1 Å². The molecule has 0 fully saturated rings.